The van der Waals surface area contributed by atoms with Crippen molar-refractivity contribution in [2.75, 3.05) is 6.61 Å². The fourth-order valence-electron chi connectivity index (χ4n) is 3.48. The van der Waals surface area contributed by atoms with Gasteiger partial charge in [0.25, 0.3) is 0 Å². The van der Waals surface area contributed by atoms with Crippen molar-refractivity contribution in [3.8, 4) is 0 Å². The van der Waals surface area contributed by atoms with E-state index in [9.17, 15) is 9.90 Å². The van der Waals surface area contributed by atoms with Gasteiger partial charge >= 0.3 is 5.97 Å². The predicted molar refractivity (Wildman–Crippen MR) is 101 cm³/mol. The van der Waals surface area contributed by atoms with E-state index < -0.39 is 12.1 Å². The zero-order valence-electron chi connectivity index (χ0n) is 13.9. The van der Waals surface area contributed by atoms with Crippen LogP contribution in [0.25, 0.3) is 32.3 Å². The Balaban J connectivity index is 2.14. The maximum absolute atomic E-state index is 12.2. The van der Waals surface area contributed by atoms with Gasteiger partial charge in [-0.15, -0.1) is 0 Å². The second-order valence-electron chi connectivity index (χ2n) is 6.05. The average Bonchev–Trinajstić information content (AvgIpc) is 2.66. The number of ether oxygens (including phenoxy) is 1. The van der Waals surface area contributed by atoms with Crippen LogP contribution in [0.3, 0.4) is 0 Å². The molecule has 0 aliphatic heterocycles. The second-order valence-corrected chi connectivity index (χ2v) is 6.05. The first-order chi connectivity index (χ1) is 12.2. The van der Waals surface area contributed by atoms with Gasteiger partial charge in [0.15, 0.2) is 6.10 Å². The number of benzene rings is 4. The summed E-state index contributed by atoms with van der Waals surface area (Å²) in [6.07, 6.45) is -1.31. The van der Waals surface area contributed by atoms with Gasteiger partial charge in [-0.2, -0.15) is 0 Å². The van der Waals surface area contributed by atoms with Crippen molar-refractivity contribution in [2.45, 2.75) is 13.0 Å². The number of carbonyl (C=O) groups is 1. The highest BCUT2D eigenvalue weighted by Crippen LogP contribution is 2.37. The lowest BCUT2D eigenvalue weighted by Crippen LogP contribution is -2.15. The minimum Gasteiger partial charge on any atom is -0.464 e. The summed E-state index contributed by atoms with van der Waals surface area (Å²) in [5.41, 5.74) is 0.587. The Kier molecular flexibility index (Phi) is 3.86. The first kappa shape index (κ1) is 15.6. The third-order valence-electron chi connectivity index (χ3n) is 4.58. The molecule has 0 aromatic heterocycles. The van der Waals surface area contributed by atoms with Gasteiger partial charge < -0.3 is 9.84 Å². The molecule has 0 spiro atoms. The number of carbonyl (C=O) groups excluding carboxylic acids is 1. The third-order valence-corrected chi connectivity index (χ3v) is 4.58. The van der Waals surface area contributed by atoms with Crippen molar-refractivity contribution in [3.63, 3.8) is 0 Å². The highest BCUT2D eigenvalue weighted by molar-refractivity contribution is 6.19. The standard InChI is InChI=1S/C22H18O3/c1-2-25-22(24)21(23)19-13-15-8-4-5-9-16(15)18-12-11-14-7-3-6-10-17(14)20(18)19/h3-13,21,23H,2H2,1H3/t21-/m0/s1. The van der Waals surface area contributed by atoms with E-state index in [1.54, 1.807) is 6.92 Å². The molecule has 0 amide bonds. The van der Waals surface area contributed by atoms with Gasteiger partial charge in [-0.3, -0.25) is 0 Å². The quantitative estimate of drug-likeness (QED) is 0.436. The van der Waals surface area contributed by atoms with E-state index in [0.717, 1.165) is 32.3 Å². The van der Waals surface area contributed by atoms with Crippen molar-refractivity contribution < 1.29 is 14.6 Å². The number of aliphatic hydroxyl groups excluding tert-OH is 1. The Morgan fingerprint density at radius 3 is 2.36 bits per heavy atom. The Morgan fingerprint density at radius 1 is 0.920 bits per heavy atom. The zero-order valence-corrected chi connectivity index (χ0v) is 13.9. The summed E-state index contributed by atoms with van der Waals surface area (Å²) in [5, 5.41) is 16.8. The predicted octanol–water partition coefficient (Wildman–Crippen LogP) is 4.74. The van der Waals surface area contributed by atoms with Gasteiger partial charge in [-0.1, -0.05) is 60.7 Å². The van der Waals surface area contributed by atoms with Crippen LogP contribution in [0, 0.1) is 0 Å². The van der Waals surface area contributed by atoms with Crippen molar-refractivity contribution in [1.82, 2.24) is 0 Å². The molecule has 1 N–H and O–H groups in total. The summed E-state index contributed by atoms with van der Waals surface area (Å²) in [5.74, 6) is -0.619. The summed E-state index contributed by atoms with van der Waals surface area (Å²) in [4.78, 5) is 12.2. The monoisotopic (exact) mass is 330 g/mol. The molecule has 4 aromatic carbocycles. The Hall–Kier alpha value is -2.91. The molecule has 0 radical (unpaired) electrons. The number of hydrogen-bond donors (Lipinski definition) is 1. The molecule has 0 aliphatic rings. The van der Waals surface area contributed by atoms with Crippen molar-refractivity contribution in [3.05, 3.63) is 72.3 Å². The fraction of sp³-hybridized carbons (Fsp3) is 0.136. The average molecular weight is 330 g/mol. The normalized spacial score (nSPS) is 12.6. The highest BCUT2D eigenvalue weighted by Gasteiger charge is 2.23. The molecule has 25 heavy (non-hydrogen) atoms. The van der Waals surface area contributed by atoms with Gasteiger partial charge in [0.2, 0.25) is 0 Å². The lowest BCUT2D eigenvalue weighted by atomic mass is 9.91. The van der Waals surface area contributed by atoms with E-state index in [0.29, 0.717) is 5.56 Å². The van der Waals surface area contributed by atoms with Gasteiger partial charge in [-0.05, 0) is 45.3 Å². The lowest BCUT2D eigenvalue weighted by Gasteiger charge is -2.16. The molecule has 0 aliphatic carbocycles. The van der Waals surface area contributed by atoms with E-state index >= 15 is 0 Å². The van der Waals surface area contributed by atoms with Crippen molar-refractivity contribution in [2.24, 2.45) is 0 Å². The van der Waals surface area contributed by atoms with Crippen molar-refractivity contribution >= 4 is 38.3 Å². The summed E-state index contributed by atoms with van der Waals surface area (Å²) < 4.78 is 5.04. The van der Waals surface area contributed by atoms with E-state index in [2.05, 4.69) is 18.2 Å². The molecule has 3 nitrogen and oxygen atoms in total. The lowest BCUT2D eigenvalue weighted by molar-refractivity contribution is -0.153. The maximum atomic E-state index is 12.2. The van der Waals surface area contributed by atoms with Crippen LogP contribution in [0.1, 0.15) is 18.6 Å². The fourth-order valence-corrected chi connectivity index (χ4v) is 3.48. The molecule has 0 unspecified atom stereocenters. The molecule has 0 bridgehead atoms. The first-order valence-corrected chi connectivity index (χ1v) is 8.38. The van der Waals surface area contributed by atoms with Crippen molar-refractivity contribution in [1.29, 1.82) is 0 Å². The number of fused-ring (bicyclic) bond motifs is 5. The van der Waals surface area contributed by atoms with Crippen LogP contribution in [-0.4, -0.2) is 17.7 Å². The number of hydrogen-bond acceptors (Lipinski definition) is 3. The molecular weight excluding hydrogens is 312 g/mol. The SMILES string of the molecule is CCOC(=O)[C@@H](O)c1cc2ccccc2c2ccc3ccccc3c12. The highest BCUT2D eigenvalue weighted by atomic mass is 16.5. The number of rotatable bonds is 3. The summed E-state index contributed by atoms with van der Waals surface area (Å²) in [7, 11) is 0. The Bertz CT molecular complexity index is 1100. The van der Waals surface area contributed by atoms with Gasteiger partial charge in [0, 0.05) is 5.56 Å². The van der Waals surface area contributed by atoms with Gasteiger partial charge in [-0.25, -0.2) is 4.79 Å². The smallest absolute Gasteiger partial charge is 0.339 e. The first-order valence-electron chi connectivity index (χ1n) is 8.38. The maximum Gasteiger partial charge on any atom is 0.339 e. The van der Waals surface area contributed by atoms with Crippen LogP contribution in [0.2, 0.25) is 0 Å². The van der Waals surface area contributed by atoms with Crippen LogP contribution in [0.5, 0.6) is 0 Å². The molecular formula is C22H18O3. The van der Waals surface area contributed by atoms with E-state index in [4.69, 9.17) is 4.74 Å². The van der Waals surface area contributed by atoms with Crippen LogP contribution >= 0.6 is 0 Å². The second kappa shape index (κ2) is 6.19. The third kappa shape index (κ3) is 2.53. The topological polar surface area (TPSA) is 46.5 Å². The molecule has 0 heterocycles. The molecule has 0 saturated heterocycles. The molecule has 4 rings (SSSR count). The van der Waals surface area contributed by atoms with E-state index in [1.165, 1.54) is 0 Å². The molecule has 3 heteroatoms. The molecule has 4 aromatic rings. The Morgan fingerprint density at radius 2 is 1.60 bits per heavy atom. The van der Waals surface area contributed by atoms with E-state index in [-0.39, 0.29) is 6.61 Å². The van der Waals surface area contributed by atoms with Gasteiger partial charge in [0.1, 0.15) is 0 Å². The largest absolute Gasteiger partial charge is 0.464 e. The minimum absolute atomic E-state index is 0.238. The number of esters is 1. The zero-order chi connectivity index (χ0) is 17.4. The summed E-state index contributed by atoms with van der Waals surface area (Å²) >= 11 is 0. The molecule has 1 atom stereocenters. The van der Waals surface area contributed by atoms with Crippen LogP contribution in [0.4, 0.5) is 0 Å². The molecule has 124 valence electrons. The minimum atomic E-state index is -1.31. The van der Waals surface area contributed by atoms with Crippen LogP contribution in [-0.2, 0) is 9.53 Å². The van der Waals surface area contributed by atoms with Crippen LogP contribution < -0.4 is 0 Å². The van der Waals surface area contributed by atoms with Crippen LogP contribution in [0.15, 0.2) is 66.7 Å². The van der Waals surface area contributed by atoms with Gasteiger partial charge in [0.05, 0.1) is 6.61 Å². The Labute approximate surface area is 145 Å². The summed E-state index contributed by atoms with van der Waals surface area (Å²) in [6, 6.07) is 22.0. The molecule has 0 fully saturated rings. The van der Waals surface area contributed by atoms with E-state index in [1.807, 2.05) is 48.5 Å². The number of aliphatic hydroxyl groups is 1. The molecule has 0 saturated carbocycles. The summed E-state index contributed by atoms with van der Waals surface area (Å²) in [6.45, 7) is 1.97.